The van der Waals surface area contributed by atoms with Crippen molar-refractivity contribution >= 4 is 11.8 Å². The second-order valence-corrected chi connectivity index (χ2v) is 5.68. The third kappa shape index (κ3) is 7.69. The minimum Gasteiger partial charge on any atom is -0.462 e. The maximum absolute atomic E-state index is 11.5. The lowest BCUT2D eigenvalue weighted by Gasteiger charge is -2.07. The van der Waals surface area contributed by atoms with Gasteiger partial charge in [0.05, 0.1) is 12.2 Å². The molecule has 0 bridgehead atoms. The fourth-order valence-corrected chi connectivity index (χ4v) is 2.08. The van der Waals surface area contributed by atoms with E-state index in [1.165, 1.54) is 25.7 Å². The van der Waals surface area contributed by atoms with Crippen molar-refractivity contribution < 1.29 is 9.53 Å². The van der Waals surface area contributed by atoms with Gasteiger partial charge in [0, 0.05) is 12.7 Å². The van der Waals surface area contributed by atoms with Gasteiger partial charge < -0.3 is 10.1 Å². The van der Waals surface area contributed by atoms with Gasteiger partial charge in [0.2, 0.25) is 0 Å². The molecule has 0 aliphatic heterocycles. The van der Waals surface area contributed by atoms with Gasteiger partial charge in [-0.2, -0.15) is 0 Å². The summed E-state index contributed by atoms with van der Waals surface area (Å²) in [5.41, 5.74) is 0.496. The van der Waals surface area contributed by atoms with Gasteiger partial charge in [-0.05, 0) is 31.4 Å². The number of hydrogen-bond acceptors (Lipinski definition) is 4. The average molecular weight is 292 g/mol. The summed E-state index contributed by atoms with van der Waals surface area (Å²) in [5, 5.41) is 3.28. The fourth-order valence-electron chi connectivity index (χ4n) is 2.08. The summed E-state index contributed by atoms with van der Waals surface area (Å²) in [6.45, 7) is 7.64. The highest BCUT2D eigenvalue weighted by atomic mass is 16.5. The smallest absolute Gasteiger partial charge is 0.339 e. The first-order valence-corrected chi connectivity index (χ1v) is 8.00. The molecule has 0 aliphatic rings. The summed E-state index contributed by atoms with van der Waals surface area (Å²) in [6.07, 6.45) is 7.91. The number of aromatic nitrogens is 1. The number of pyridine rings is 1. The standard InChI is InChI=1S/C17H28N2O2/c1-4-21-17(20)15-10-11-16(19-13-15)18-12-8-6-5-7-9-14(2)3/h10-11,13-14H,4-9,12H2,1-3H3,(H,18,19). The highest BCUT2D eigenvalue weighted by Crippen LogP contribution is 2.10. The number of nitrogens with zero attached hydrogens (tertiary/aromatic N) is 1. The molecule has 21 heavy (non-hydrogen) atoms. The summed E-state index contributed by atoms with van der Waals surface area (Å²) >= 11 is 0. The van der Waals surface area contributed by atoms with Crippen molar-refractivity contribution in [3.63, 3.8) is 0 Å². The SMILES string of the molecule is CCOC(=O)c1ccc(NCCCCCCC(C)C)nc1. The Kier molecular flexibility index (Phi) is 8.48. The number of ether oxygens (including phenoxy) is 1. The number of rotatable bonds is 10. The van der Waals surface area contributed by atoms with Crippen molar-refractivity contribution in [2.45, 2.75) is 52.9 Å². The van der Waals surface area contributed by atoms with Gasteiger partial charge in [0.15, 0.2) is 0 Å². The van der Waals surface area contributed by atoms with E-state index in [0.717, 1.165) is 24.7 Å². The minimum absolute atomic E-state index is 0.318. The highest BCUT2D eigenvalue weighted by Gasteiger charge is 2.06. The Bertz CT molecular complexity index is 402. The summed E-state index contributed by atoms with van der Waals surface area (Å²) in [7, 11) is 0. The van der Waals surface area contributed by atoms with Gasteiger partial charge in [0.1, 0.15) is 5.82 Å². The van der Waals surface area contributed by atoms with Gasteiger partial charge in [0.25, 0.3) is 0 Å². The van der Waals surface area contributed by atoms with E-state index in [4.69, 9.17) is 4.74 Å². The summed E-state index contributed by atoms with van der Waals surface area (Å²) < 4.78 is 4.92. The van der Waals surface area contributed by atoms with Crippen LogP contribution in [0.1, 0.15) is 63.2 Å². The molecule has 4 heteroatoms. The van der Waals surface area contributed by atoms with Crippen LogP contribution in [0.2, 0.25) is 0 Å². The van der Waals surface area contributed by atoms with E-state index in [1.54, 1.807) is 19.2 Å². The molecule has 1 aromatic rings. The zero-order chi connectivity index (χ0) is 15.5. The molecule has 0 fully saturated rings. The van der Waals surface area contributed by atoms with Crippen LogP contribution in [0.25, 0.3) is 0 Å². The van der Waals surface area contributed by atoms with Crippen LogP contribution < -0.4 is 5.32 Å². The van der Waals surface area contributed by atoms with Crippen LogP contribution in [0.4, 0.5) is 5.82 Å². The number of hydrogen-bond donors (Lipinski definition) is 1. The molecule has 4 nitrogen and oxygen atoms in total. The highest BCUT2D eigenvalue weighted by molar-refractivity contribution is 5.89. The van der Waals surface area contributed by atoms with Crippen molar-refractivity contribution in [3.05, 3.63) is 23.9 Å². The van der Waals surface area contributed by atoms with E-state index in [-0.39, 0.29) is 5.97 Å². The zero-order valence-corrected chi connectivity index (χ0v) is 13.5. The molecular weight excluding hydrogens is 264 g/mol. The molecule has 118 valence electrons. The number of anilines is 1. The molecule has 0 aliphatic carbocycles. The molecule has 1 aromatic heterocycles. The quantitative estimate of drug-likeness (QED) is 0.516. The van der Waals surface area contributed by atoms with Gasteiger partial charge in [-0.1, -0.05) is 39.5 Å². The average Bonchev–Trinajstić information content (AvgIpc) is 2.47. The van der Waals surface area contributed by atoms with Crippen LogP contribution in [0.3, 0.4) is 0 Å². The van der Waals surface area contributed by atoms with E-state index < -0.39 is 0 Å². The van der Waals surface area contributed by atoms with Gasteiger partial charge in [-0.3, -0.25) is 0 Å². The first kappa shape index (κ1) is 17.5. The Labute approximate surface area is 128 Å². The number of carbonyl (C=O) groups is 1. The second-order valence-electron chi connectivity index (χ2n) is 5.68. The molecule has 0 atom stereocenters. The largest absolute Gasteiger partial charge is 0.462 e. The lowest BCUT2D eigenvalue weighted by molar-refractivity contribution is 0.0526. The van der Waals surface area contributed by atoms with Crippen LogP contribution in [-0.4, -0.2) is 24.1 Å². The molecule has 1 heterocycles. The van der Waals surface area contributed by atoms with Crippen molar-refractivity contribution in [3.8, 4) is 0 Å². The van der Waals surface area contributed by atoms with E-state index in [0.29, 0.717) is 12.2 Å². The van der Waals surface area contributed by atoms with Gasteiger partial charge >= 0.3 is 5.97 Å². The predicted octanol–water partition coefficient (Wildman–Crippen LogP) is 4.28. The first-order chi connectivity index (χ1) is 10.1. The Morgan fingerprint density at radius 1 is 1.24 bits per heavy atom. The lowest BCUT2D eigenvalue weighted by Crippen LogP contribution is -2.07. The van der Waals surface area contributed by atoms with Crippen LogP contribution in [-0.2, 0) is 4.74 Å². The van der Waals surface area contributed by atoms with Gasteiger partial charge in [-0.15, -0.1) is 0 Å². The number of esters is 1. The molecule has 0 spiro atoms. The van der Waals surface area contributed by atoms with E-state index in [1.807, 2.05) is 6.07 Å². The Balaban J connectivity index is 2.17. The molecule has 0 saturated carbocycles. The fraction of sp³-hybridized carbons (Fsp3) is 0.647. The normalized spacial score (nSPS) is 10.7. The van der Waals surface area contributed by atoms with E-state index >= 15 is 0 Å². The molecule has 1 rings (SSSR count). The molecule has 0 unspecified atom stereocenters. The van der Waals surface area contributed by atoms with Crippen LogP contribution in [0.5, 0.6) is 0 Å². The van der Waals surface area contributed by atoms with Crippen LogP contribution in [0, 0.1) is 5.92 Å². The van der Waals surface area contributed by atoms with Crippen LogP contribution >= 0.6 is 0 Å². The molecule has 0 saturated heterocycles. The number of nitrogens with one attached hydrogen (secondary N) is 1. The third-order valence-corrected chi connectivity index (χ3v) is 3.29. The maximum atomic E-state index is 11.5. The lowest BCUT2D eigenvalue weighted by atomic mass is 10.0. The first-order valence-electron chi connectivity index (χ1n) is 8.00. The molecular formula is C17H28N2O2. The van der Waals surface area contributed by atoms with Crippen molar-refractivity contribution in [2.75, 3.05) is 18.5 Å². The topological polar surface area (TPSA) is 51.2 Å². The Morgan fingerprint density at radius 2 is 2.00 bits per heavy atom. The monoisotopic (exact) mass is 292 g/mol. The van der Waals surface area contributed by atoms with Crippen molar-refractivity contribution in [1.82, 2.24) is 4.98 Å². The number of carbonyl (C=O) groups excluding carboxylic acids is 1. The van der Waals surface area contributed by atoms with E-state index in [9.17, 15) is 4.79 Å². The zero-order valence-electron chi connectivity index (χ0n) is 13.5. The summed E-state index contributed by atoms with van der Waals surface area (Å²) in [4.78, 5) is 15.7. The molecule has 0 amide bonds. The summed E-state index contributed by atoms with van der Waals surface area (Å²) in [5.74, 6) is 1.30. The second kappa shape index (κ2) is 10.2. The Hall–Kier alpha value is -1.58. The minimum atomic E-state index is -0.318. The van der Waals surface area contributed by atoms with Gasteiger partial charge in [-0.25, -0.2) is 9.78 Å². The Morgan fingerprint density at radius 3 is 2.62 bits per heavy atom. The third-order valence-electron chi connectivity index (χ3n) is 3.29. The van der Waals surface area contributed by atoms with Crippen molar-refractivity contribution in [1.29, 1.82) is 0 Å². The maximum Gasteiger partial charge on any atom is 0.339 e. The predicted molar refractivity (Wildman–Crippen MR) is 86.6 cm³/mol. The van der Waals surface area contributed by atoms with Crippen LogP contribution in [0.15, 0.2) is 18.3 Å². The summed E-state index contributed by atoms with van der Waals surface area (Å²) in [6, 6.07) is 3.57. The van der Waals surface area contributed by atoms with Crippen molar-refractivity contribution in [2.24, 2.45) is 5.92 Å². The molecule has 1 N–H and O–H groups in total. The van der Waals surface area contributed by atoms with E-state index in [2.05, 4.69) is 24.1 Å². The molecule has 0 radical (unpaired) electrons. The molecule has 0 aromatic carbocycles. The number of unbranched alkanes of at least 4 members (excludes halogenated alkanes) is 3.